The van der Waals surface area contributed by atoms with Crippen molar-refractivity contribution in [1.29, 1.82) is 5.26 Å². The molecule has 0 saturated carbocycles. The first-order chi connectivity index (χ1) is 15.2. The number of nitriles is 1. The van der Waals surface area contributed by atoms with E-state index in [9.17, 15) is 10.1 Å². The van der Waals surface area contributed by atoms with Crippen molar-refractivity contribution in [3.05, 3.63) is 114 Å². The maximum atomic E-state index is 12.5. The quantitative estimate of drug-likeness (QED) is 0.318. The summed E-state index contributed by atoms with van der Waals surface area (Å²) in [5.41, 5.74) is 2.38. The fraction of sp³-hybridized carbons (Fsp3) is 0.0370. The molecule has 0 bridgehead atoms. The Morgan fingerprint density at radius 3 is 2.42 bits per heavy atom. The molecule has 4 aromatic carbocycles. The predicted octanol–water partition coefficient (Wildman–Crippen LogP) is 5.96. The van der Waals surface area contributed by atoms with E-state index in [1.807, 2.05) is 72.8 Å². The number of carbonyl (C=O) groups is 1. The topological polar surface area (TPSA) is 62.1 Å². The van der Waals surface area contributed by atoms with Gasteiger partial charge in [-0.3, -0.25) is 4.79 Å². The third-order valence-electron chi connectivity index (χ3n) is 4.88. The van der Waals surface area contributed by atoms with E-state index in [2.05, 4.69) is 23.5 Å². The molecule has 150 valence electrons. The number of anilines is 1. The van der Waals surface area contributed by atoms with E-state index in [0.717, 1.165) is 16.3 Å². The summed E-state index contributed by atoms with van der Waals surface area (Å²) in [6, 6.07) is 32.7. The average Bonchev–Trinajstić information content (AvgIpc) is 2.82. The summed E-state index contributed by atoms with van der Waals surface area (Å²) in [6.07, 6.45) is 1.55. The Bertz CT molecular complexity index is 1280. The van der Waals surface area contributed by atoms with Gasteiger partial charge in [0, 0.05) is 11.3 Å². The second-order valence-electron chi connectivity index (χ2n) is 6.95. The number of rotatable bonds is 6. The van der Waals surface area contributed by atoms with Gasteiger partial charge in [-0.1, -0.05) is 78.9 Å². The first-order valence-corrected chi connectivity index (χ1v) is 9.91. The molecule has 0 aromatic heterocycles. The number of nitrogens with zero attached hydrogens (tertiary/aromatic N) is 1. The van der Waals surface area contributed by atoms with E-state index in [-0.39, 0.29) is 5.57 Å². The fourth-order valence-electron chi connectivity index (χ4n) is 3.33. The van der Waals surface area contributed by atoms with E-state index in [4.69, 9.17) is 4.74 Å². The molecule has 4 heteroatoms. The van der Waals surface area contributed by atoms with E-state index in [0.29, 0.717) is 23.6 Å². The lowest BCUT2D eigenvalue weighted by molar-refractivity contribution is -0.112. The Labute approximate surface area is 181 Å². The number of hydrogen-bond donors (Lipinski definition) is 1. The fourth-order valence-corrected chi connectivity index (χ4v) is 3.33. The highest BCUT2D eigenvalue weighted by molar-refractivity contribution is 6.09. The Morgan fingerprint density at radius 1 is 0.871 bits per heavy atom. The second-order valence-corrected chi connectivity index (χ2v) is 6.95. The van der Waals surface area contributed by atoms with Crippen molar-refractivity contribution in [2.75, 3.05) is 5.32 Å². The van der Waals surface area contributed by atoms with Gasteiger partial charge in [-0.25, -0.2) is 0 Å². The number of para-hydroxylation sites is 2. The number of carbonyl (C=O) groups excluding carboxylic acids is 1. The molecule has 0 saturated heterocycles. The van der Waals surface area contributed by atoms with Crippen LogP contribution in [0.2, 0.25) is 0 Å². The lowest BCUT2D eigenvalue weighted by atomic mass is 10.1. The van der Waals surface area contributed by atoms with Gasteiger partial charge in [0.05, 0.1) is 0 Å². The summed E-state index contributed by atoms with van der Waals surface area (Å²) in [5.74, 6) is 0.147. The molecule has 0 atom stereocenters. The molecule has 4 rings (SSSR count). The lowest BCUT2D eigenvalue weighted by Gasteiger charge is -2.12. The molecular weight excluding hydrogens is 384 g/mol. The second kappa shape index (κ2) is 9.43. The average molecular weight is 404 g/mol. The SMILES string of the molecule is N#C/C(=C\c1ccccc1OCc1cccc2ccccc12)C(=O)Nc1ccccc1. The smallest absolute Gasteiger partial charge is 0.266 e. The summed E-state index contributed by atoms with van der Waals surface area (Å²) < 4.78 is 6.09. The molecule has 4 aromatic rings. The van der Waals surface area contributed by atoms with Crippen molar-refractivity contribution in [1.82, 2.24) is 0 Å². The van der Waals surface area contributed by atoms with Crippen LogP contribution in [0.4, 0.5) is 5.69 Å². The largest absolute Gasteiger partial charge is 0.488 e. The molecule has 1 amide bonds. The number of fused-ring (bicyclic) bond motifs is 1. The lowest BCUT2D eigenvalue weighted by Crippen LogP contribution is -2.13. The molecule has 4 nitrogen and oxygen atoms in total. The highest BCUT2D eigenvalue weighted by Crippen LogP contribution is 2.25. The van der Waals surface area contributed by atoms with Crippen LogP contribution in [-0.2, 0) is 11.4 Å². The van der Waals surface area contributed by atoms with E-state index < -0.39 is 5.91 Å². The molecule has 31 heavy (non-hydrogen) atoms. The van der Waals surface area contributed by atoms with Gasteiger partial charge in [-0.05, 0) is 40.6 Å². The van der Waals surface area contributed by atoms with Crippen molar-refractivity contribution >= 4 is 28.4 Å². The minimum atomic E-state index is -0.461. The number of benzene rings is 4. The van der Waals surface area contributed by atoms with Crippen LogP contribution in [0.1, 0.15) is 11.1 Å². The van der Waals surface area contributed by atoms with Crippen LogP contribution >= 0.6 is 0 Å². The Balaban J connectivity index is 1.56. The van der Waals surface area contributed by atoms with Crippen LogP contribution in [0.15, 0.2) is 103 Å². The Kier molecular flexibility index (Phi) is 6.06. The van der Waals surface area contributed by atoms with E-state index in [1.54, 1.807) is 18.2 Å². The van der Waals surface area contributed by atoms with Crippen LogP contribution < -0.4 is 10.1 Å². The molecule has 0 radical (unpaired) electrons. The zero-order valence-electron chi connectivity index (χ0n) is 16.8. The van der Waals surface area contributed by atoms with Crippen LogP contribution in [0.3, 0.4) is 0 Å². The summed E-state index contributed by atoms with van der Waals surface area (Å²) in [6.45, 7) is 0.379. The molecule has 0 heterocycles. The molecule has 1 N–H and O–H groups in total. The van der Waals surface area contributed by atoms with Gasteiger partial charge in [0.15, 0.2) is 0 Å². The zero-order valence-corrected chi connectivity index (χ0v) is 16.8. The van der Waals surface area contributed by atoms with Crippen molar-refractivity contribution < 1.29 is 9.53 Å². The number of amides is 1. The van der Waals surface area contributed by atoms with Crippen LogP contribution in [0.5, 0.6) is 5.75 Å². The van der Waals surface area contributed by atoms with Crippen LogP contribution in [-0.4, -0.2) is 5.91 Å². The molecule has 0 aliphatic heterocycles. The van der Waals surface area contributed by atoms with Gasteiger partial charge in [0.1, 0.15) is 24.0 Å². The van der Waals surface area contributed by atoms with Gasteiger partial charge in [0.2, 0.25) is 0 Å². The molecule has 0 unspecified atom stereocenters. The van der Waals surface area contributed by atoms with Gasteiger partial charge >= 0.3 is 0 Å². The van der Waals surface area contributed by atoms with E-state index >= 15 is 0 Å². The predicted molar refractivity (Wildman–Crippen MR) is 123 cm³/mol. The maximum absolute atomic E-state index is 12.5. The normalized spacial score (nSPS) is 11.0. The third-order valence-corrected chi connectivity index (χ3v) is 4.88. The maximum Gasteiger partial charge on any atom is 0.266 e. The van der Waals surface area contributed by atoms with Gasteiger partial charge < -0.3 is 10.1 Å². The minimum Gasteiger partial charge on any atom is -0.488 e. The van der Waals surface area contributed by atoms with Gasteiger partial charge in [0.25, 0.3) is 5.91 Å². The highest BCUT2D eigenvalue weighted by atomic mass is 16.5. The van der Waals surface area contributed by atoms with Crippen LogP contribution in [0, 0.1) is 11.3 Å². The zero-order chi connectivity index (χ0) is 21.5. The van der Waals surface area contributed by atoms with Gasteiger partial charge in [-0.15, -0.1) is 0 Å². The number of ether oxygens (including phenoxy) is 1. The Hall–Kier alpha value is -4.36. The van der Waals surface area contributed by atoms with Crippen molar-refractivity contribution in [2.24, 2.45) is 0 Å². The first kappa shape index (κ1) is 19.9. The standard InChI is InChI=1S/C27H20N2O2/c28-18-23(27(30)29-24-13-2-1-3-14-24)17-21-10-5-7-16-26(21)31-19-22-12-8-11-20-9-4-6-15-25(20)22/h1-17H,19H2,(H,29,30)/b23-17+. The monoisotopic (exact) mass is 404 g/mol. The Morgan fingerprint density at radius 2 is 1.58 bits per heavy atom. The summed E-state index contributed by atoms with van der Waals surface area (Å²) >= 11 is 0. The minimum absolute atomic E-state index is 0.00469. The molecule has 0 fully saturated rings. The van der Waals surface area contributed by atoms with E-state index in [1.165, 1.54) is 0 Å². The van der Waals surface area contributed by atoms with Crippen molar-refractivity contribution in [3.8, 4) is 11.8 Å². The summed E-state index contributed by atoms with van der Waals surface area (Å²) in [7, 11) is 0. The first-order valence-electron chi connectivity index (χ1n) is 9.91. The van der Waals surface area contributed by atoms with Crippen molar-refractivity contribution in [3.63, 3.8) is 0 Å². The van der Waals surface area contributed by atoms with Crippen molar-refractivity contribution in [2.45, 2.75) is 6.61 Å². The molecular formula is C27H20N2O2. The third kappa shape index (κ3) is 4.80. The molecule has 0 aliphatic carbocycles. The summed E-state index contributed by atoms with van der Waals surface area (Å²) in [4.78, 5) is 12.5. The number of nitrogens with one attached hydrogen (secondary N) is 1. The highest BCUT2D eigenvalue weighted by Gasteiger charge is 2.11. The van der Waals surface area contributed by atoms with Crippen LogP contribution in [0.25, 0.3) is 16.8 Å². The number of hydrogen-bond acceptors (Lipinski definition) is 3. The van der Waals surface area contributed by atoms with Gasteiger partial charge in [-0.2, -0.15) is 5.26 Å². The molecule has 0 aliphatic rings. The molecule has 0 spiro atoms. The summed E-state index contributed by atoms with van der Waals surface area (Å²) in [5, 5.41) is 14.6.